The Kier molecular flexibility index (Phi) is 6.43. The lowest BCUT2D eigenvalue weighted by Gasteiger charge is -2.33. The average molecular weight is 357 g/mol. The van der Waals surface area contributed by atoms with Gasteiger partial charge in [-0.2, -0.15) is 4.31 Å². The van der Waals surface area contributed by atoms with Gasteiger partial charge in [0.1, 0.15) is 10.7 Å². The van der Waals surface area contributed by atoms with E-state index in [0.29, 0.717) is 31.8 Å². The lowest BCUT2D eigenvalue weighted by atomic mass is 9.92. The molecule has 1 aliphatic rings. The SMILES string of the molecule is CC(N)C1CCN(S(=O)(=O)c2cc(F)ccc2Cl)CC1.Cl. The fraction of sp³-hybridized carbons (Fsp3) is 0.538. The Morgan fingerprint density at radius 3 is 2.48 bits per heavy atom. The fourth-order valence-electron chi connectivity index (χ4n) is 2.46. The highest BCUT2D eigenvalue weighted by molar-refractivity contribution is 7.89. The molecule has 1 aromatic carbocycles. The van der Waals surface area contributed by atoms with Crippen molar-refractivity contribution in [1.29, 1.82) is 0 Å². The molecule has 0 spiro atoms. The molecule has 0 amide bonds. The topological polar surface area (TPSA) is 63.4 Å². The van der Waals surface area contributed by atoms with Crippen LogP contribution in [-0.2, 0) is 10.0 Å². The summed E-state index contributed by atoms with van der Waals surface area (Å²) in [5, 5.41) is 0.0423. The van der Waals surface area contributed by atoms with Gasteiger partial charge in [-0.15, -0.1) is 12.4 Å². The molecule has 1 fully saturated rings. The summed E-state index contributed by atoms with van der Waals surface area (Å²) in [5.74, 6) is -0.289. The molecule has 1 atom stereocenters. The van der Waals surface area contributed by atoms with Gasteiger partial charge < -0.3 is 5.73 Å². The van der Waals surface area contributed by atoms with Crippen molar-refractivity contribution in [2.24, 2.45) is 11.7 Å². The van der Waals surface area contributed by atoms with Crippen LogP contribution in [0.15, 0.2) is 23.1 Å². The summed E-state index contributed by atoms with van der Waals surface area (Å²) >= 11 is 5.89. The molecule has 8 heteroatoms. The third-order valence-electron chi connectivity index (χ3n) is 3.75. The van der Waals surface area contributed by atoms with Crippen molar-refractivity contribution in [2.45, 2.75) is 30.7 Å². The van der Waals surface area contributed by atoms with Gasteiger partial charge in [-0.25, -0.2) is 12.8 Å². The van der Waals surface area contributed by atoms with Crippen LogP contribution in [-0.4, -0.2) is 31.9 Å². The van der Waals surface area contributed by atoms with E-state index < -0.39 is 15.8 Å². The molecule has 1 heterocycles. The normalized spacial score (nSPS) is 19.0. The van der Waals surface area contributed by atoms with E-state index in [4.69, 9.17) is 17.3 Å². The van der Waals surface area contributed by atoms with Gasteiger partial charge in [0.15, 0.2) is 0 Å². The summed E-state index contributed by atoms with van der Waals surface area (Å²) in [6.07, 6.45) is 1.42. The molecular formula is C13H19Cl2FN2O2S. The Morgan fingerprint density at radius 2 is 1.95 bits per heavy atom. The smallest absolute Gasteiger partial charge is 0.244 e. The number of hydrogen-bond donors (Lipinski definition) is 1. The van der Waals surface area contributed by atoms with E-state index in [-0.39, 0.29) is 28.4 Å². The summed E-state index contributed by atoms with van der Waals surface area (Å²) < 4.78 is 39.6. The summed E-state index contributed by atoms with van der Waals surface area (Å²) in [6, 6.07) is 3.43. The number of nitrogens with zero attached hydrogens (tertiary/aromatic N) is 1. The third-order valence-corrected chi connectivity index (χ3v) is 6.13. The first-order chi connectivity index (χ1) is 9.32. The number of halogens is 3. The second-order valence-electron chi connectivity index (χ2n) is 5.18. The van der Waals surface area contributed by atoms with Gasteiger partial charge in [-0.05, 0) is 43.9 Å². The van der Waals surface area contributed by atoms with Crippen molar-refractivity contribution in [1.82, 2.24) is 4.31 Å². The zero-order valence-corrected chi connectivity index (χ0v) is 14.0. The monoisotopic (exact) mass is 356 g/mol. The maximum absolute atomic E-state index is 13.3. The standard InChI is InChI=1S/C13H18ClFN2O2S.ClH/c1-9(16)10-4-6-17(7-5-10)20(18,19)13-8-11(15)2-3-12(13)14;/h2-3,8-10H,4-7,16H2,1H3;1H. The molecule has 0 bridgehead atoms. The second-order valence-corrected chi connectivity index (χ2v) is 7.49. The molecule has 2 rings (SSSR count). The molecule has 0 aromatic heterocycles. The van der Waals surface area contributed by atoms with Crippen LogP contribution >= 0.6 is 24.0 Å². The largest absolute Gasteiger partial charge is 0.328 e. The third kappa shape index (κ3) is 4.07. The van der Waals surface area contributed by atoms with E-state index >= 15 is 0 Å². The highest BCUT2D eigenvalue weighted by Crippen LogP contribution is 2.29. The predicted octanol–water partition coefficient (Wildman–Crippen LogP) is 2.65. The van der Waals surface area contributed by atoms with Gasteiger partial charge in [0, 0.05) is 19.1 Å². The van der Waals surface area contributed by atoms with Gasteiger partial charge in [-0.1, -0.05) is 11.6 Å². The second kappa shape index (κ2) is 7.24. The Morgan fingerprint density at radius 1 is 1.38 bits per heavy atom. The Bertz CT molecular complexity index is 588. The average Bonchev–Trinajstić information content (AvgIpc) is 2.41. The molecule has 0 aliphatic carbocycles. The van der Waals surface area contributed by atoms with Crippen LogP contribution in [0.3, 0.4) is 0 Å². The van der Waals surface area contributed by atoms with Crippen molar-refractivity contribution in [3.05, 3.63) is 29.0 Å². The number of sulfonamides is 1. The lowest BCUT2D eigenvalue weighted by Crippen LogP contribution is -2.42. The van der Waals surface area contributed by atoms with E-state index in [1.165, 1.54) is 10.4 Å². The molecule has 0 radical (unpaired) electrons. The van der Waals surface area contributed by atoms with Gasteiger partial charge in [0.2, 0.25) is 10.0 Å². The summed E-state index contributed by atoms with van der Waals surface area (Å²) in [6.45, 7) is 2.71. The van der Waals surface area contributed by atoms with E-state index in [0.717, 1.165) is 12.1 Å². The zero-order chi connectivity index (χ0) is 14.9. The number of hydrogen-bond acceptors (Lipinski definition) is 3. The minimum atomic E-state index is -3.74. The van der Waals surface area contributed by atoms with E-state index in [1.54, 1.807) is 0 Å². The van der Waals surface area contributed by atoms with Crippen molar-refractivity contribution >= 4 is 34.0 Å². The number of nitrogens with two attached hydrogens (primary N) is 1. The van der Waals surface area contributed by atoms with E-state index in [9.17, 15) is 12.8 Å². The fourth-order valence-corrected chi connectivity index (χ4v) is 4.41. The van der Waals surface area contributed by atoms with Crippen LogP contribution in [0.4, 0.5) is 4.39 Å². The molecule has 1 aromatic rings. The first kappa shape index (κ1) is 18.6. The van der Waals surface area contributed by atoms with Crippen LogP contribution in [0.1, 0.15) is 19.8 Å². The number of piperidine rings is 1. The van der Waals surface area contributed by atoms with Crippen molar-refractivity contribution in [2.75, 3.05) is 13.1 Å². The highest BCUT2D eigenvalue weighted by atomic mass is 35.5. The van der Waals surface area contributed by atoms with Gasteiger partial charge in [0.25, 0.3) is 0 Å². The van der Waals surface area contributed by atoms with Crippen LogP contribution in [0, 0.1) is 11.7 Å². The van der Waals surface area contributed by atoms with Crippen molar-refractivity contribution in [3.8, 4) is 0 Å². The van der Waals surface area contributed by atoms with Crippen molar-refractivity contribution in [3.63, 3.8) is 0 Å². The number of rotatable bonds is 3. The van der Waals surface area contributed by atoms with Crippen LogP contribution in [0.2, 0.25) is 5.02 Å². The Hall–Kier alpha value is -0.400. The lowest BCUT2D eigenvalue weighted by molar-refractivity contribution is 0.250. The molecule has 4 nitrogen and oxygen atoms in total. The van der Waals surface area contributed by atoms with Gasteiger partial charge in [-0.3, -0.25) is 0 Å². The van der Waals surface area contributed by atoms with Crippen molar-refractivity contribution < 1.29 is 12.8 Å². The van der Waals surface area contributed by atoms with Gasteiger partial charge >= 0.3 is 0 Å². The summed E-state index contributed by atoms with van der Waals surface area (Å²) in [4.78, 5) is -0.168. The van der Waals surface area contributed by atoms with Crippen LogP contribution < -0.4 is 5.73 Å². The molecule has 0 saturated carbocycles. The first-order valence-corrected chi connectivity index (χ1v) is 8.35. The zero-order valence-electron chi connectivity index (χ0n) is 11.6. The van der Waals surface area contributed by atoms with Crippen LogP contribution in [0.5, 0.6) is 0 Å². The minimum Gasteiger partial charge on any atom is -0.328 e. The molecule has 2 N–H and O–H groups in total. The molecule has 120 valence electrons. The summed E-state index contributed by atoms with van der Waals surface area (Å²) in [7, 11) is -3.74. The molecule has 1 unspecified atom stereocenters. The molecule has 1 aliphatic heterocycles. The van der Waals surface area contributed by atoms with E-state index in [1.807, 2.05) is 6.92 Å². The maximum atomic E-state index is 13.3. The summed E-state index contributed by atoms with van der Waals surface area (Å²) in [5.41, 5.74) is 5.84. The quantitative estimate of drug-likeness (QED) is 0.905. The molecular weight excluding hydrogens is 338 g/mol. The first-order valence-electron chi connectivity index (χ1n) is 6.53. The van der Waals surface area contributed by atoms with E-state index in [2.05, 4.69) is 0 Å². The Labute approximate surface area is 135 Å². The number of benzene rings is 1. The molecule has 1 saturated heterocycles. The van der Waals surface area contributed by atoms with Crippen LogP contribution in [0.25, 0.3) is 0 Å². The highest BCUT2D eigenvalue weighted by Gasteiger charge is 2.32. The Balaban J connectivity index is 0.00000220. The maximum Gasteiger partial charge on any atom is 0.244 e. The van der Waals surface area contributed by atoms with Gasteiger partial charge in [0.05, 0.1) is 5.02 Å². The molecule has 21 heavy (non-hydrogen) atoms. The predicted molar refractivity (Wildman–Crippen MR) is 83.8 cm³/mol. The minimum absolute atomic E-state index is 0.